The van der Waals surface area contributed by atoms with Gasteiger partial charge in [0, 0.05) is 0 Å². The lowest BCUT2D eigenvalue weighted by Crippen LogP contribution is -2.09. The van der Waals surface area contributed by atoms with Crippen LogP contribution in [-0.4, -0.2) is 5.11 Å². The molecule has 1 aliphatic carbocycles. The zero-order chi connectivity index (χ0) is 10.3. The first-order valence-corrected chi connectivity index (χ1v) is 6.20. The Morgan fingerprint density at radius 1 is 1.50 bits per heavy atom. The first kappa shape index (κ1) is 10.3. The second-order valence-corrected chi connectivity index (χ2v) is 5.30. The molecule has 76 valence electrons. The Hall–Kier alpha value is -0.250. The quantitative estimate of drug-likeness (QED) is 0.724. The molecule has 1 unspecified atom stereocenters. The van der Waals surface area contributed by atoms with Crippen LogP contribution in [0, 0.1) is 10.5 Å². The summed E-state index contributed by atoms with van der Waals surface area (Å²) in [5.74, 6) is 1.14. The van der Waals surface area contributed by atoms with Crippen molar-refractivity contribution in [3.63, 3.8) is 0 Å². The van der Waals surface area contributed by atoms with Crippen molar-refractivity contribution in [1.29, 1.82) is 0 Å². The van der Waals surface area contributed by atoms with E-state index in [9.17, 15) is 5.11 Å². The van der Waals surface area contributed by atoms with Crippen LogP contribution in [0.2, 0.25) is 0 Å². The lowest BCUT2D eigenvalue weighted by atomic mass is 9.83. The third-order valence-electron chi connectivity index (χ3n) is 3.16. The van der Waals surface area contributed by atoms with Gasteiger partial charge in [0.15, 0.2) is 0 Å². The molecule has 0 aromatic heterocycles. The molecule has 0 aliphatic heterocycles. The van der Waals surface area contributed by atoms with Crippen molar-refractivity contribution < 1.29 is 5.11 Å². The maximum absolute atomic E-state index is 9.84. The predicted molar refractivity (Wildman–Crippen MR) is 66.9 cm³/mol. The fourth-order valence-corrected chi connectivity index (χ4v) is 3.27. The maximum atomic E-state index is 9.84. The maximum Gasteiger partial charge on any atom is 0.132 e. The topological polar surface area (TPSA) is 20.2 Å². The molecule has 0 bridgehead atoms. The van der Waals surface area contributed by atoms with Crippen LogP contribution in [0.25, 0.3) is 0 Å². The van der Waals surface area contributed by atoms with Gasteiger partial charge in [0.05, 0.1) is 3.57 Å². The molecule has 0 amide bonds. The number of aryl methyl sites for hydroxylation is 1. The van der Waals surface area contributed by atoms with E-state index in [1.54, 1.807) is 0 Å². The van der Waals surface area contributed by atoms with Gasteiger partial charge < -0.3 is 5.11 Å². The van der Waals surface area contributed by atoms with Crippen molar-refractivity contribution in [2.75, 3.05) is 0 Å². The normalized spacial score (nSPS) is 20.6. The molecule has 0 saturated heterocycles. The summed E-state index contributed by atoms with van der Waals surface area (Å²) in [6, 6.07) is 2.16. The number of phenolic OH excluding ortho intramolecular Hbond substituents is 1. The Labute approximate surface area is 98.7 Å². The summed E-state index contributed by atoms with van der Waals surface area (Å²) in [6.45, 7) is 4.27. The van der Waals surface area contributed by atoms with Gasteiger partial charge in [-0.15, -0.1) is 0 Å². The van der Waals surface area contributed by atoms with Crippen LogP contribution in [0.15, 0.2) is 6.07 Å². The lowest BCUT2D eigenvalue weighted by Gasteiger charge is -2.24. The number of rotatable bonds is 0. The van der Waals surface area contributed by atoms with Crippen molar-refractivity contribution in [3.05, 3.63) is 26.3 Å². The third kappa shape index (κ3) is 1.53. The summed E-state index contributed by atoms with van der Waals surface area (Å²) >= 11 is 2.27. The van der Waals surface area contributed by atoms with Crippen LogP contribution < -0.4 is 0 Å². The smallest absolute Gasteiger partial charge is 0.132 e. The van der Waals surface area contributed by atoms with Gasteiger partial charge >= 0.3 is 0 Å². The summed E-state index contributed by atoms with van der Waals surface area (Å²) in [4.78, 5) is 0. The van der Waals surface area contributed by atoms with Crippen LogP contribution >= 0.6 is 22.6 Å². The molecule has 1 aromatic rings. The molecule has 1 aliphatic rings. The number of aromatic hydroxyl groups is 1. The van der Waals surface area contributed by atoms with E-state index in [1.165, 1.54) is 24.0 Å². The zero-order valence-corrected chi connectivity index (χ0v) is 10.8. The van der Waals surface area contributed by atoms with E-state index in [1.807, 2.05) is 6.92 Å². The number of halogens is 1. The molecular formula is C12H15IO. The van der Waals surface area contributed by atoms with Crippen molar-refractivity contribution in [1.82, 2.24) is 0 Å². The van der Waals surface area contributed by atoms with E-state index in [4.69, 9.17) is 0 Å². The second-order valence-electron chi connectivity index (χ2n) is 4.22. The Balaban J connectivity index is 2.63. The molecule has 1 N–H and O–H groups in total. The number of hydrogen-bond donors (Lipinski definition) is 1. The van der Waals surface area contributed by atoms with Crippen molar-refractivity contribution in [2.24, 2.45) is 0 Å². The highest BCUT2D eigenvalue weighted by molar-refractivity contribution is 14.1. The van der Waals surface area contributed by atoms with Crippen LogP contribution in [0.3, 0.4) is 0 Å². The Morgan fingerprint density at radius 3 is 2.93 bits per heavy atom. The molecule has 1 aromatic carbocycles. The molecule has 1 atom stereocenters. The summed E-state index contributed by atoms with van der Waals surface area (Å²) in [7, 11) is 0. The summed E-state index contributed by atoms with van der Waals surface area (Å²) in [5.41, 5.74) is 3.85. The van der Waals surface area contributed by atoms with Crippen molar-refractivity contribution in [3.8, 4) is 5.75 Å². The minimum absolute atomic E-state index is 0.485. The van der Waals surface area contributed by atoms with E-state index in [0.717, 1.165) is 15.6 Å². The standard InChI is InChI=1S/C12H15IO/c1-7-4-3-5-9-10(7)6-8(2)12(14)11(9)13/h6-7,14H,3-5H2,1-2H3. The monoisotopic (exact) mass is 302 g/mol. The number of phenols is 1. The average Bonchev–Trinajstić information content (AvgIpc) is 2.17. The van der Waals surface area contributed by atoms with Gasteiger partial charge in [-0.05, 0) is 71.4 Å². The zero-order valence-electron chi connectivity index (χ0n) is 8.60. The summed E-state index contributed by atoms with van der Waals surface area (Å²) in [6.07, 6.45) is 3.67. The van der Waals surface area contributed by atoms with E-state index in [-0.39, 0.29) is 0 Å². The van der Waals surface area contributed by atoms with Crippen molar-refractivity contribution in [2.45, 2.75) is 39.0 Å². The molecule has 2 heteroatoms. The van der Waals surface area contributed by atoms with Gasteiger partial charge in [-0.1, -0.05) is 13.0 Å². The van der Waals surface area contributed by atoms with Crippen LogP contribution in [0.5, 0.6) is 5.75 Å². The predicted octanol–water partition coefficient (Wildman–Crippen LogP) is 3.75. The second kappa shape index (κ2) is 3.72. The van der Waals surface area contributed by atoms with E-state index >= 15 is 0 Å². The fraction of sp³-hybridized carbons (Fsp3) is 0.500. The van der Waals surface area contributed by atoms with Crippen LogP contribution in [-0.2, 0) is 6.42 Å². The molecule has 0 fully saturated rings. The Bertz CT molecular complexity index is 371. The largest absolute Gasteiger partial charge is 0.507 e. The highest BCUT2D eigenvalue weighted by Gasteiger charge is 2.21. The van der Waals surface area contributed by atoms with E-state index in [2.05, 4.69) is 35.6 Å². The van der Waals surface area contributed by atoms with Gasteiger partial charge in [0.25, 0.3) is 0 Å². The third-order valence-corrected chi connectivity index (χ3v) is 4.32. The van der Waals surface area contributed by atoms with Gasteiger partial charge in [-0.25, -0.2) is 0 Å². The Kier molecular flexibility index (Phi) is 2.73. The fourth-order valence-electron chi connectivity index (χ4n) is 2.27. The van der Waals surface area contributed by atoms with Gasteiger partial charge in [-0.2, -0.15) is 0 Å². The molecule has 2 rings (SSSR count). The number of benzene rings is 1. The molecule has 1 nitrogen and oxygen atoms in total. The molecular weight excluding hydrogens is 287 g/mol. The van der Waals surface area contributed by atoms with Crippen molar-refractivity contribution >= 4 is 22.6 Å². The highest BCUT2D eigenvalue weighted by Crippen LogP contribution is 2.38. The van der Waals surface area contributed by atoms with Gasteiger partial charge in [0.1, 0.15) is 5.75 Å². The van der Waals surface area contributed by atoms with Crippen LogP contribution in [0.4, 0.5) is 0 Å². The molecule has 0 spiro atoms. The number of fused-ring (bicyclic) bond motifs is 1. The summed E-state index contributed by atoms with van der Waals surface area (Å²) in [5, 5.41) is 9.84. The number of hydrogen-bond acceptors (Lipinski definition) is 1. The highest BCUT2D eigenvalue weighted by atomic mass is 127. The van der Waals surface area contributed by atoms with E-state index < -0.39 is 0 Å². The lowest BCUT2D eigenvalue weighted by molar-refractivity contribution is 0.463. The minimum atomic E-state index is 0.485. The molecule has 0 saturated carbocycles. The minimum Gasteiger partial charge on any atom is -0.507 e. The molecule has 0 radical (unpaired) electrons. The molecule has 14 heavy (non-hydrogen) atoms. The molecule has 0 heterocycles. The summed E-state index contributed by atoms with van der Waals surface area (Å²) < 4.78 is 1.07. The SMILES string of the molecule is Cc1cc2c(c(I)c1O)CCCC2C. The van der Waals surface area contributed by atoms with E-state index in [0.29, 0.717) is 11.7 Å². The Morgan fingerprint density at radius 2 is 2.21 bits per heavy atom. The van der Waals surface area contributed by atoms with Gasteiger partial charge in [-0.3, -0.25) is 0 Å². The van der Waals surface area contributed by atoms with Gasteiger partial charge in [0.2, 0.25) is 0 Å². The first-order chi connectivity index (χ1) is 6.61. The average molecular weight is 302 g/mol. The van der Waals surface area contributed by atoms with Crippen LogP contribution in [0.1, 0.15) is 42.4 Å². The first-order valence-electron chi connectivity index (χ1n) is 5.12.